The predicted molar refractivity (Wildman–Crippen MR) is 251 cm³/mol. The quantitative estimate of drug-likeness (QED) is 0.0339. The van der Waals surface area contributed by atoms with Gasteiger partial charge in [-0.05, 0) is 77.2 Å². The Balaban J connectivity index is 4.57. The smallest absolute Gasteiger partial charge is 0.0913 e. The summed E-state index contributed by atoms with van der Waals surface area (Å²) in [5, 5.41) is 0. The van der Waals surface area contributed by atoms with Gasteiger partial charge in [-0.15, -0.1) is 0 Å². The second-order valence-electron chi connectivity index (χ2n) is 20.2. The number of nitrogens with zero attached hydrogens (tertiary/aromatic N) is 4. The van der Waals surface area contributed by atoms with Crippen molar-refractivity contribution in [1.82, 2.24) is 4.90 Å². The lowest BCUT2D eigenvalue weighted by atomic mass is 10.1. The third-order valence-corrected chi connectivity index (χ3v) is 12.0. The topological polar surface area (TPSA) is 3.24 Å². The van der Waals surface area contributed by atoms with Crippen LogP contribution in [0.25, 0.3) is 0 Å². The van der Waals surface area contributed by atoms with Crippen molar-refractivity contribution in [1.29, 1.82) is 0 Å². The molecule has 0 aromatic heterocycles. The summed E-state index contributed by atoms with van der Waals surface area (Å²) in [6.45, 7) is 15.0. The van der Waals surface area contributed by atoms with Crippen LogP contribution in [0.15, 0.2) is 24.3 Å². The first kappa shape index (κ1) is 54.3. The molecule has 0 amide bonds. The molecule has 4 heteroatoms. The minimum absolute atomic E-state index is 1.08. The van der Waals surface area contributed by atoms with E-state index in [-0.39, 0.29) is 0 Å². The zero-order chi connectivity index (χ0) is 40.8. The molecule has 0 aromatic carbocycles. The van der Waals surface area contributed by atoms with Gasteiger partial charge in [0.2, 0.25) is 0 Å². The van der Waals surface area contributed by atoms with Gasteiger partial charge in [0.1, 0.15) is 0 Å². The van der Waals surface area contributed by atoms with Crippen molar-refractivity contribution < 1.29 is 13.4 Å². The number of unbranched alkanes of at least 4 members (excludes halogenated alkanes) is 24. The number of hydrogen-bond acceptors (Lipinski definition) is 1. The van der Waals surface area contributed by atoms with E-state index in [2.05, 4.69) is 92.4 Å². The minimum atomic E-state index is 1.08. The highest BCUT2D eigenvalue weighted by molar-refractivity contribution is 4.82. The largest absolute Gasteiger partial charge is 0.331 e. The van der Waals surface area contributed by atoms with Crippen LogP contribution >= 0.6 is 0 Å². The Morgan fingerprint density at radius 2 is 0.618 bits per heavy atom. The van der Waals surface area contributed by atoms with E-state index in [1.165, 1.54) is 249 Å². The number of quaternary nitrogens is 3. The third kappa shape index (κ3) is 42.7. The summed E-state index contributed by atoms with van der Waals surface area (Å²) in [5.74, 6) is 0. The maximum Gasteiger partial charge on any atom is 0.0913 e. The molecule has 0 spiro atoms. The third-order valence-electron chi connectivity index (χ3n) is 12.0. The number of likely N-dealkylation sites (N-methyl/N-ethyl adjacent to an activating group) is 1. The van der Waals surface area contributed by atoms with Gasteiger partial charge in [-0.25, -0.2) is 0 Å². The van der Waals surface area contributed by atoms with Crippen LogP contribution < -0.4 is 0 Å². The van der Waals surface area contributed by atoms with E-state index in [0.29, 0.717) is 0 Å². The molecule has 328 valence electrons. The Morgan fingerprint density at radius 1 is 0.291 bits per heavy atom. The lowest BCUT2D eigenvalue weighted by Crippen LogP contribution is -2.51. The van der Waals surface area contributed by atoms with Gasteiger partial charge >= 0.3 is 0 Å². The molecular formula is C51H107N4+3. The van der Waals surface area contributed by atoms with E-state index >= 15 is 0 Å². The zero-order valence-corrected chi connectivity index (χ0v) is 40.0. The van der Waals surface area contributed by atoms with E-state index in [9.17, 15) is 0 Å². The van der Waals surface area contributed by atoms with Gasteiger partial charge in [-0.2, -0.15) is 0 Å². The van der Waals surface area contributed by atoms with E-state index in [4.69, 9.17) is 0 Å². The highest BCUT2D eigenvalue weighted by Crippen LogP contribution is 2.15. The molecule has 0 rings (SSSR count). The van der Waals surface area contributed by atoms with Crippen LogP contribution in [0, 0.1) is 0 Å². The molecule has 0 aliphatic carbocycles. The van der Waals surface area contributed by atoms with Crippen molar-refractivity contribution in [3.05, 3.63) is 24.3 Å². The summed E-state index contributed by atoms with van der Waals surface area (Å²) in [7, 11) is 16.7. The van der Waals surface area contributed by atoms with Gasteiger partial charge in [0.25, 0.3) is 0 Å². The van der Waals surface area contributed by atoms with Crippen LogP contribution in [0.2, 0.25) is 0 Å². The van der Waals surface area contributed by atoms with Gasteiger partial charge < -0.3 is 13.4 Å². The number of rotatable bonds is 43. The molecule has 0 saturated carbocycles. The summed E-state index contributed by atoms with van der Waals surface area (Å²) in [5.41, 5.74) is 0. The molecule has 1 atom stereocenters. The molecule has 55 heavy (non-hydrogen) atoms. The Bertz CT molecular complexity index is 837. The van der Waals surface area contributed by atoms with Crippen molar-refractivity contribution in [2.45, 2.75) is 206 Å². The molecule has 0 aromatic rings. The second kappa shape index (κ2) is 37.6. The van der Waals surface area contributed by atoms with Crippen LogP contribution in [-0.2, 0) is 0 Å². The van der Waals surface area contributed by atoms with Gasteiger partial charge in [-0.1, -0.05) is 147 Å². The van der Waals surface area contributed by atoms with Crippen LogP contribution in [0.1, 0.15) is 206 Å². The molecule has 0 N–H and O–H groups in total. The Morgan fingerprint density at radius 3 is 1.04 bits per heavy atom. The van der Waals surface area contributed by atoms with E-state index < -0.39 is 0 Å². The van der Waals surface area contributed by atoms with E-state index in [1.54, 1.807) is 0 Å². The van der Waals surface area contributed by atoms with Crippen LogP contribution in [0.4, 0.5) is 0 Å². The highest BCUT2D eigenvalue weighted by atomic mass is 15.4. The second-order valence-corrected chi connectivity index (χ2v) is 20.2. The highest BCUT2D eigenvalue weighted by Gasteiger charge is 2.24. The summed E-state index contributed by atoms with van der Waals surface area (Å²) in [6, 6.07) is 0. The first-order valence-electron chi connectivity index (χ1n) is 24.9. The monoisotopic (exact) mass is 776 g/mol. The average Bonchev–Trinajstić information content (AvgIpc) is 3.12. The van der Waals surface area contributed by atoms with Crippen molar-refractivity contribution in [2.24, 2.45) is 0 Å². The normalized spacial score (nSPS) is 13.9. The predicted octanol–water partition coefficient (Wildman–Crippen LogP) is 14.0. The maximum absolute atomic E-state index is 2.86. The molecular weight excluding hydrogens is 669 g/mol. The van der Waals surface area contributed by atoms with Gasteiger partial charge in [0, 0.05) is 25.9 Å². The van der Waals surface area contributed by atoms with Gasteiger partial charge in [0.05, 0.1) is 82.1 Å². The van der Waals surface area contributed by atoms with Crippen LogP contribution in [-0.4, -0.2) is 120 Å². The van der Waals surface area contributed by atoms with E-state index in [1.807, 2.05) is 0 Å². The standard InChI is InChI=1S/C51H107N4/c1-10-12-14-16-18-20-22-24-26-28-30-32-34-36-38-40-44-52(45-42-47-53(3,4)5)46-51-55(9,50-43-48-54(6,7)8)49-41-39-37-35-33-31-29-27-25-23-21-19-17-15-13-11-2/h24-27H,10-23,28-51H2,1-9H3/q+3. The first-order valence-corrected chi connectivity index (χ1v) is 24.9. The fourth-order valence-electron chi connectivity index (χ4n) is 8.07. The SMILES string of the molecule is CCCCCCCCC=CCCCCCCCCN(CCC[N+](C)(C)C)CC[N+](C)(CCCCCCCCC=CCCCCCCCC)CCC[N+](C)(C)C. The fourth-order valence-corrected chi connectivity index (χ4v) is 8.07. The fraction of sp³-hybridized carbons (Fsp3) is 0.922. The zero-order valence-electron chi connectivity index (χ0n) is 40.0. The molecule has 0 saturated heterocycles. The molecule has 4 nitrogen and oxygen atoms in total. The molecule has 0 aliphatic rings. The molecule has 0 aliphatic heterocycles. The van der Waals surface area contributed by atoms with Gasteiger partial charge in [0.15, 0.2) is 0 Å². The van der Waals surface area contributed by atoms with Gasteiger partial charge in [-0.3, -0.25) is 4.90 Å². The molecule has 0 heterocycles. The molecule has 0 fully saturated rings. The Labute approximate surface area is 349 Å². The summed E-state index contributed by atoms with van der Waals surface area (Å²) in [6.07, 6.45) is 51.4. The van der Waals surface area contributed by atoms with Crippen molar-refractivity contribution in [2.75, 3.05) is 102 Å². The maximum atomic E-state index is 2.86. The lowest BCUT2D eigenvalue weighted by Gasteiger charge is -2.38. The minimum Gasteiger partial charge on any atom is -0.331 e. The Kier molecular flexibility index (Phi) is 37.1. The van der Waals surface area contributed by atoms with Crippen LogP contribution in [0.3, 0.4) is 0 Å². The molecule has 0 bridgehead atoms. The van der Waals surface area contributed by atoms with Crippen molar-refractivity contribution in [3.63, 3.8) is 0 Å². The van der Waals surface area contributed by atoms with Crippen LogP contribution in [0.5, 0.6) is 0 Å². The first-order chi connectivity index (χ1) is 26.4. The summed E-state index contributed by atoms with van der Waals surface area (Å²) < 4.78 is 3.43. The number of hydrogen-bond donors (Lipinski definition) is 0. The van der Waals surface area contributed by atoms with E-state index in [0.717, 1.165) is 8.97 Å². The molecule has 1 unspecified atom stereocenters. The Hall–Kier alpha value is -0.680. The summed E-state index contributed by atoms with van der Waals surface area (Å²) >= 11 is 0. The molecule has 0 radical (unpaired) electrons. The number of allylic oxidation sites excluding steroid dienone is 4. The van der Waals surface area contributed by atoms with Crippen molar-refractivity contribution >= 4 is 0 Å². The summed E-state index contributed by atoms with van der Waals surface area (Å²) in [4.78, 5) is 2.86. The average molecular weight is 776 g/mol. The van der Waals surface area contributed by atoms with Crippen molar-refractivity contribution in [3.8, 4) is 0 Å². The lowest BCUT2D eigenvalue weighted by molar-refractivity contribution is -0.917.